The predicted molar refractivity (Wildman–Crippen MR) is 108 cm³/mol. The lowest BCUT2D eigenvalue weighted by atomic mass is 10.1. The molecule has 28 heavy (non-hydrogen) atoms. The Morgan fingerprint density at radius 1 is 0.893 bits per heavy atom. The third-order valence-corrected chi connectivity index (χ3v) is 5.53. The molecule has 0 saturated carbocycles. The van der Waals surface area contributed by atoms with Crippen molar-refractivity contribution in [2.24, 2.45) is 0 Å². The number of halogens is 1. The van der Waals surface area contributed by atoms with E-state index in [1.165, 1.54) is 30.3 Å². The van der Waals surface area contributed by atoms with Gasteiger partial charge in [-0.1, -0.05) is 29.8 Å². The summed E-state index contributed by atoms with van der Waals surface area (Å²) in [4.78, 5) is 12.5. The van der Waals surface area contributed by atoms with Gasteiger partial charge < -0.3 is 5.32 Å². The van der Waals surface area contributed by atoms with Crippen LogP contribution >= 0.6 is 0 Å². The molecule has 2 N–H and O–H groups in total. The average molecular weight is 398 g/mol. The number of carbonyl (C=O) groups excluding carboxylic acids is 1. The number of anilines is 2. The highest BCUT2D eigenvalue weighted by molar-refractivity contribution is 7.92. The number of nitrogens with one attached hydrogen (secondary N) is 2. The third kappa shape index (κ3) is 4.55. The first-order chi connectivity index (χ1) is 13.2. The maximum absolute atomic E-state index is 13.3. The molecular formula is C21H19FN2O3S. The van der Waals surface area contributed by atoms with Gasteiger partial charge in [0, 0.05) is 16.9 Å². The van der Waals surface area contributed by atoms with E-state index in [-0.39, 0.29) is 16.1 Å². The van der Waals surface area contributed by atoms with Gasteiger partial charge in [-0.3, -0.25) is 9.52 Å². The van der Waals surface area contributed by atoms with E-state index < -0.39 is 21.7 Å². The van der Waals surface area contributed by atoms with E-state index in [9.17, 15) is 17.6 Å². The van der Waals surface area contributed by atoms with Crippen LogP contribution in [0.1, 0.15) is 21.5 Å². The number of carbonyl (C=O) groups is 1. The minimum atomic E-state index is -3.87. The number of benzene rings is 3. The Morgan fingerprint density at radius 3 is 2.29 bits per heavy atom. The molecule has 0 aliphatic carbocycles. The van der Waals surface area contributed by atoms with E-state index in [0.717, 1.165) is 5.56 Å². The summed E-state index contributed by atoms with van der Waals surface area (Å²) >= 11 is 0. The fourth-order valence-electron chi connectivity index (χ4n) is 2.61. The number of hydrogen-bond acceptors (Lipinski definition) is 3. The van der Waals surface area contributed by atoms with Gasteiger partial charge >= 0.3 is 0 Å². The molecule has 0 bridgehead atoms. The number of rotatable bonds is 5. The molecule has 3 aromatic carbocycles. The number of sulfonamides is 1. The SMILES string of the molecule is Cc1ccc(NS(=O)(=O)c2ccc(C)c(C(=O)Nc3cccc(F)c3)c2)cc1. The molecule has 0 aromatic heterocycles. The molecule has 0 heterocycles. The Labute approximate surface area is 163 Å². The molecule has 1 amide bonds. The molecule has 0 aliphatic heterocycles. The fourth-order valence-corrected chi connectivity index (χ4v) is 3.70. The number of amides is 1. The van der Waals surface area contributed by atoms with Crippen molar-refractivity contribution in [1.29, 1.82) is 0 Å². The van der Waals surface area contributed by atoms with Gasteiger partial charge in [0.25, 0.3) is 15.9 Å². The molecule has 0 aliphatic rings. The zero-order chi connectivity index (χ0) is 20.3. The summed E-state index contributed by atoms with van der Waals surface area (Å²) < 4.78 is 41.2. The van der Waals surface area contributed by atoms with Crippen molar-refractivity contribution in [2.75, 3.05) is 10.0 Å². The summed E-state index contributed by atoms with van der Waals surface area (Å²) in [5, 5.41) is 2.58. The number of hydrogen-bond donors (Lipinski definition) is 2. The summed E-state index contributed by atoms with van der Waals surface area (Å²) in [6.45, 7) is 3.60. The van der Waals surface area contributed by atoms with Crippen LogP contribution in [0.2, 0.25) is 0 Å². The van der Waals surface area contributed by atoms with E-state index in [1.807, 2.05) is 6.92 Å². The lowest BCUT2D eigenvalue weighted by molar-refractivity contribution is 0.102. The predicted octanol–water partition coefficient (Wildman–Crippen LogP) is 4.50. The Morgan fingerprint density at radius 2 is 1.61 bits per heavy atom. The van der Waals surface area contributed by atoms with Crippen molar-refractivity contribution in [3.8, 4) is 0 Å². The summed E-state index contributed by atoms with van der Waals surface area (Å²) in [7, 11) is -3.87. The number of aryl methyl sites for hydroxylation is 2. The van der Waals surface area contributed by atoms with Crippen molar-refractivity contribution in [3.05, 3.63) is 89.2 Å². The van der Waals surface area contributed by atoms with Crippen molar-refractivity contribution >= 4 is 27.3 Å². The van der Waals surface area contributed by atoms with Crippen molar-refractivity contribution in [1.82, 2.24) is 0 Å². The molecule has 3 rings (SSSR count). The Kier molecular flexibility index (Phi) is 5.46. The van der Waals surface area contributed by atoms with Crippen LogP contribution in [-0.4, -0.2) is 14.3 Å². The van der Waals surface area contributed by atoms with Crippen LogP contribution in [-0.2, 0) is 10.0 Å². The van der Waals surface area contributed by atoms with Crippen LogP contribution in [0.3, 0.4) is 0 Å². The van der Waals surface area contributed by atoms with Gasteiger partial charge in [0.1, 0.15) is 5.82 Å². The van der Waals surface area contributed by atoms with Crippen LogP contribution < -0.4 is 10.0 Å². The van der Waals surface area contributed by atoms with Crippen LogP contribution in [0.25, 0.3) is 0 Å². The average Bonchev–Trinajstić information content (AvgIpc) is 2.63. The normalized spacial score (nSPS) is 11.1. The highest BCUT2D eigenvalue weighted by Gasteiger charge is 2.18. The summed E-state index contributed by atoms with van der Waals surface area (Å²) in [6, 6.07) is 16.7. The molecule has 0 radical (unpaired) electrons. The second-order valence-electron chi connectivity index (χ2n) is 6.41. The third-order valence-electron chi connectivity index (χ3n) is 4.15. The van der Waals surface area contributed by atoms with E-state index in [4.69, 9.17) is 0 Å². The minimum absolute atomic E-state index is 0.0388. The van der Waals surface area contributed by atoms with Crippen LogP contribution in [0.4, 0.5) is 15.8 Å². The van der Waals surface area contributed by atoms with E-state index >= 15 is 0 Å². The quantitative estimate of drug-likeness (QED) is 0.665. The second-order valence-corrected chi connectivity index (χ2v) is 8.10. The Balaban J connectivity index is 1.87. The first-order valence-electron chi connectivity index (χ1n) is 8.52. The fraction of sp³-hybridized carbons (Fsp3) is 0.0952. The first-order valence-corrected chi connectivity index (χ1v) is 10.00. The van der Waals surface area contributed by atoms with Crippen LogP contribution in [0, 0.1) is 19.7 Å². The van der Waals surface area contributed by atoms with Gasteiger partial charge in [0.05, 0.1) is 4.90 Å². The molecule has 7 heteroatoms. The topological polar surface area (TPSA) is 75.3 Å². The van der Waals surface area contributed by atoms with Crippen LogP contribution in [0.15, 0.2) is 71.6 Å². The molecule has 0 spiro atoms. The van der Waals surface area contributed by atoms with Crippen molar-refractivity contribution < 1.29 is 17.6 Å². The maximum Gasteiger partial charge on any atom is 0.261 e. The maximum atomic E-state index is 13.3. The largest absolute Gasteiger partial charge is 0.322 e. The molecule has 0 unspecified atom stereocenters. The van der Waals surface area contributed by atoms with Gasteiger partial charge in [-0.15, -0.1) is 0 Å². The molecular weight excluding hydrogens is 379 g/mol. The summed E-state index contributed by atoms with van der Waals surface area (Å²) in [6.07, 6.45) is 0. The van der Waals surface area contributed by atoms with Gasteiger partial charge in [-0.25, -0.2) is 12.8 Å². The molecule has 0 saturated heterocycles. The lowest BCUT2D eigenvalue weighted by Gasteiger charge is -2.12. The summed E-state index contributed by atoms with van der Waals surface area (Å²) in [5.74, 6) is -0.997. The molecule has 5 nitrogen and oxygen atoms in total. The standard InChI is InChI=1S/C21H19FN2O3S/c1-14-6-9-17(10-7-14)24-28(26,27)19-11-8-15(2)20(13-19)21(25)23-18-5-3-4-16(22)12-18/h3-13,24H,1-2H3,(H,23,25). The monoisotopic (exact) mass is 398 g/mol. The Hall–Kier alpha value is -3.19. The highest BCUT2D eigenvalue weighted by atomic mass is 32.2. The van der Waals surface area contributed by atoms with Crippen molar-refractivity contribution in [2.45, 2.75) is 18.7 Å². The van der Waals surface area contributed by atoms with Gasteiger partial charge in [-0.05, 0) is 61.9 Å². The van der Waals surface area contributed by atoms with E-state index in [1.54, 1.807) is 43.3 Å². The first kappa shape index (κ1) is 19.6. The zero-order valence-electron chi connectivity index (χ0n) is 15.4. The van der Waals surface area contributed by atoms with Crippen molar-refractivity contribution in [3.63, 3.8) is 0 Å². The summed E-state index contributed by atoms with van der Waals surface area (Å²) in [5.41, 5.74) is 2.51. The highest BCUT2D eigenvalue weighted by Crippen LogP contribution is 2.21. The smallest absolute Gasteiger partial charge is 0.261 e. The zero-order valence-corrected chi connectivity index (χ0v) is 16.2. The second kappa shape index (κ2) is 7.82. The van der Waals surface area contributed by atoms with Gasteiger partial charge in [-0.2, -0.15) is 0 Å². The lowest BCUT2D eigenvalue weighted by Crippen LogP contribution is -2.17. The molecule has 0 atom stereocenters. The molecule has 144 valence electrons. The minimum Gasteiger partial charge on any atom is -0.322 e. The van der Waals surface area contributed by atoms with Gasteiger partial charge in [0.2, 0.25) is 0 Å². The van der Waals surface area contributed by atoms with Crippen LogP contribution in [0.5, 0.6) is 0 Å². The van der Waals surface area contributed by atoms with Gasteiger partial charge in [0.15, 0.2) is 0 Å². The van der Waals surface area contributed by atoms with E-state index in [0.29, 0.717) is 11.3 Å². The van der Waals surface area contributed by atoms with E-state index in [2.05, 4.69) is 10.0 Å². The molecule has 3 aromatic rings. The molecule has 0 fully saturated rings. The Bertz CT molecular complexity index is 1130.